The van der Waals surface area contributed by atoms with Crippen molar-refractivity contribution in [1.29, 1.82) is 0 Å². The number of rotatable bonds is 4. The van der Waals surface area contributed by atoms with Crippen molar-refractivity contribution < 1.29 is 13.2 Å². The van der Waals surface area contributed by atoms with Crippen LogP contribution < -0.4 is 5.32 Å². The largest absolute Gasteiger partial charge is 0.391 e. The molecule has 1 N–H and O–H groups in total. The van der Waals surface area contributed by atoms with Gasteiger partial charge in [0.1, 0.15) is 0 Å². The summed E-state index contributed by atoms with van der Waals surface area (Å²) in [5.74, 6) is -1.09. The molecule has 2 atom stereocenters. The second-order valence-corrected chi connectivity index (χ2v) is 6.31. The average Bonchev–Trinajstić information content (AvgIpc) is 2.67. The van der Waals surface area contributed by atoms with Gasteiger partial charge in [0, 0.05) is 19.1 Å². The van der Waals surface area contributed by atoms with E-state index in [-0.39, 0.29) is 12.5 Å². The predicted molar refractivity (Wildman–Crippen MR) is 74.7 cm³/mol. The average molecular weight is 292 g/mol. The van der Waals surface area contributed by atoms with E-state index in [0.29, 0.717) is 12.8 Å². The molecule has 1 saturated heterocycles. The molecule has 1 saturated carbocycles. The summed E-state index contributed by atoms with van der Waals surface area (Å²) in [5.41, 5.74) is 0. The van der Waals surface area contributed by atoms with Gasteiger partial charge in [0.2, 0.25) is 0 Å². The number of likely N-dealkylation sites (tertiary alicyclic amines) is 1. The van der Waals surface area contributed by atoms with Crippen LogP contribution in [0.15, 0.2) is 0 Å². The molecule has 1 heterocycles. The number of nitrogens with one attached hydrogen (secondary N) is 1. The van der Waals surface area contributed by atoms with Gasteiger partial charge in [-0.25, -0.2) is 0 Å². The maximum atomic E-state index is 12.7. The lowest BCUT2D eigenvalue weighted by Crippen LogP contribution is -2.42. The van der Waals surface area contributed by atoms with Gasteiger partial charge in [0.25, 0.3) is 0 Å². The first-order chi connectivity index (χ1) is 9.55. The van der Waals surface area contributed by atoms with Crippen LogP contribution in [0.25, 0.3) is 0 Å². The van der Waals surface area contributed by atoms with Crippen LogP contribution in [0, 0.1) is 5.92 Å². The highest BCUT2D eigenvalue weighted by Gasteiger charge is 2.41. The van der Waals surface area contributed by atoms with E-state index in [1.165, 1.54) is 25.7 Å². The van der Waals surface area contributed by atoms with E-state index >= 15 is 0 Å². The van der Waals surface area contributed by atoms with E-state index in [1.807, 2.05) is 0 Å². The van der Waals surface area contributed by atoms with Crippen molar-refractivity contribution in [2.75, 3.05) is 26.2 Å². The fraction of sp³-hybridized carbons (Fsp3) is 1.00. The standard InChI is InChI=1S/C15H27F3N2/c16-15(17,18)13-6-5-7-14(12-13)19-8-11-20-9-3-1-2-4-10-20/h13-14,19H,1-12H2. The van der Waals surface area contributed by atoms with Gasteiger partial charge in [-0.3, -0.25) is 0 Å². The molecule has 1 aliphatic heterocycles. The molecule has 0 amide bonds. The maximum Gasteiger partial charge on any atom is 0.391 e. The van der Waals surface area contributed by atoms with Gasteiger partial charge in [-0.2, -0.15) is 13.2 Å². The summed E-state index contributed by atoms with van der Waals surface area (Å²) in [4.78, 5) is 2.45. The summed E-state index contributed by atoms with van der Waals surface area (Å²) in [6, 6.07) is 0.0577. The Hall–Kier alpha value is -0.290. The normalized spacial score (nSPS) is 30.1. The second kappa shape index (κ2) is 7.64. The van der Waals surface area contributed by atoms with Gasteiger partial charge in [-0.15, -0.1) is 0 Å². The molecule has 0 aromatic carbocycles. The topological polar surface area (TPSA) is 15.3 Å². The van der Waals surface area contributed by atoms with Gasteiger partial charge in [-0.05, 0) is 45.2 Å². The van der Waals surface area contributed by atoms with Crippen molar-refractivity contribution in [3.05, 3.63) is 0 Å². The van der Waals surface area contributed by atoms with Crippen molar-refractivity contribution in [1.82, 2.24) is 10.2 Å². The summed E-state index contributed by atoms with van der Waals surface area (Å²) in [5, 5.41) is 3.35. The molecular formula is C15H27F3N2. The van der Waals surface area contributed by atoms with Crippen LogP contribution in [-0.2, 0) is 0 Å². The number of hydrogen-bond acceptors (Lipinski definition) is 2. The van der Waals surface area contributed by atoms with E-state index in [4.69, 9.17) is 0 Å². The predicted octanol–water partition coefficient (Wildman–Crippen LogP) is 3.57. The van der Waals surface area contributed by atoms with E-state index in [9.17, 15) is 13.2 Å². The molecule has 2 rings (SSSR count). The lowest BCUT2D eigenvalue weighted by atomic mass is 9.85. The van der Waals surface area contributed by atoms with Gasteiger partial charge >= 0.3 is 6.18 Å². The van der Waals surface area contributed by atoms with E-state index < -0.39 is 12.1 Å². The van der Waals surface area contributed by atoms with Crippen LogP contribution in [0.1, 0.15) is 51.4 Å². The molecule has 2 fully saturated rings. The van der Waals surface area contributed by atoms with Gasteiger partial charge in [0.05, 0.1) is 5.92 Å². The van der Waals surface area contributed by atoms with Crippen molar-refractivity contribution in [3.8, 4) is 0 Å². The number of hydrogen-bond donors (Lipinski definition) is 1. The quantitative estimate of drug-likeness (QED) is 0.852. The summed E-state index contributed by atoms with van der Waals surface area (Å²) in [6.07, 6.45) is 3.33. The van der Waals surface area contributed by atoms with Crippen LogP contribution in [-0.4, -0.2) is 43.3 Å². The van der Waals surface area contributed by atoms with E-state index in [2.05, 4.69) is 10.2 Å². The highest BCUT2D eigenvalue weighted by atomic mass is 19.4. The summed E-state index contributed by atoms with van der Waals surface area (Å²) in [7, 11) is 0. The van der Waals surface area contributed by atoms with Crippen molar-refractivity contribution in [2.45, 2.75) is 63.6 Å². The van der Waals surface area contributed by atoms with Gasteiger partial charge < -0.3 is 10.2 Å². The lowest BCUT2D eigenvalue weighted by Gasteiger charge is -2.31. The first-order valence-corrected chi connectivity index (χ1v) is 8.08. The minimum Gasteiger partial charge on any atom is -0.313 e. The number of halogens is 3. The summed E-state index contributed by atoms with van der Waals surface area (Å²) in [6.45, 7) is 4.11. The molecule has 5 heteroatoms. The van der Waals surface area contributed by atoms with Crippen molar-refractivity contribution >= 4 is 0 Å². The minimum atomic E-state index is -4.01. The zero-order valence-corrected chi connectivity index (χ0v) is 12.2. The molecule has 2 aliphatic rings. The maximum absolute atomic E-state index is 12.7. The van der Waals surface area contributed by atoms with Crippen LogP contribution in [0.2, 0.25) is 0 Å². The highest BCUT2D eigenvalue weighted by Crippen LogP contribution is 2.37. The Balaban J connectivity index is 1.65. The van der Waals surface area contributed by atoms with Crippen LogP contribution in [0.3, 0.4) is 0 Å². The Morgan fingerprint density at radius 2 is 1.65 bits per heavy atom. The zero-order chi connectivity index (χ0) is 14.4. The molecule has 1 aliphatic carbocycles. The number of alkyl halides is 3. The van der Waals surface area contributed by atoms with E-state index in [0.717, 1.165) is 32.6 Å². The molecule has 2 nitrogen and oxygen atoms in total. The molecule has 0 aromatic heterocycles. The van der Waals surface area contributed by atoms with Crippen molar-refractivity contribution in [3.63, 3.8) is 0 Å². The second-order valence-electron chi connectivity index (χ2n) is 6.31. The number of nitrogens with zero attached hydrogens (tertiary/aromatic N) is 1. The molecule has 0 spiro atoms. The molecule has 0 aromatic rings. The molecule has 118 valence electrons. The van der Waals surface area contributed by atoms with Gasteiger partial charge in [0.15, 0.2) is 0 Å². The molecular weight excluding hydrogens is 265 g/mol. The first kappa shape index (κ1) is 16.1. The first-order valence-electron chi connectivity index (χ1n) is 8.08. The van der Waals surface area contributed by atoms with Gasteiger partial charge in [-0.1, -0.05) is 19.3 Å². The Bertz CT molecular complexity index is 273. The third-order valence-electron chi connectivity index (χ3n) is 4.70. The Morgan fingerprint density at radius 1 is 0.950 bits per heavy atom. The van der Waals surface area contributed by atoms with Crippen molar-refractivity contribution in [2.24, 2.45) is 5.92 Å². The smallest absolute Gasteiger partial charge is 0.313 e. The van der Waals surface area contributed by atoms with Crippen LogP contribution in [0.5, 0.6) is 0 Å². The molecule has 2 unspecified atom stereocenters. The molecule has 0 bridgehead atoms. The SMILES string of the molecule is FC(F)(F)C1CCCC(NCCN2CCCCCC2)C1. The highest BCUT2D eigenvalue weighted by molar-refractivity contribution is 4.82. The Kier molecular flexibility index (Phi) is 6.15. The van der Waals surface area contributed by atoms with E-state index in [1.54, 1.807) is 0 Å². The fourth-order valence-corrected chi connectivity index (χ4v) is 3.46. The van der Waals surface area contributed by atoms with Crippen LogP contribution >= 0.6 is 0 Å². The fourth-order valence-electron chi connectivity index (χ4n) is 3.46. The Labute approximate surface area is 120 Å². The molecule has 0 radical (unpaired) electrons. The summed E-state index contributed by atoms with van der Waals surface area (Å²) >= 11 is 0. The monoisotopic (exact) mass is 292 g/mol. The molecule has 20 heavy (non-hydrogen) atoms. The Morgan fingerprint density at radius 3 is 2.30 bits per heavy atom. The lowest BCUT2D eigenvalue weighted by molar-refractivity contribution is -0.183. The third kappa shape index (κ3) is 5.24. The third-order valence-corrected chi connectivity index (χ3v) is 4.70. The summed E-state index contributed by atoms with van der Waals surface area (Å²) < 4.78 is 38.2. The van der Waals surface area contributed by atoms with Crippen LogP contribution in [0.4, 0.5) is 13.2 Å². The minimum absolute atomic E-state index is 0.0577. The zero-order valence-electron chi connectivity index (χ0n) is 12.2.